The first-order valence-electron chi connectivity index (χ1n) is 16.4. The Labute approximate surface area is 298 Å². The van der Waals surface area contributed by atoms with Gasteiger partial charge in [0, 0.05) is 17.7 Å². The highest BCUT2D eigenvalue weighted by molar-refractivity contribution is 5.88. The molecule has 3 aromatic rings. The largest absolute Gasteiger partial charge is 0.507 e. The summed E-state index contributed by atoms with van der Waals surface area (Å²) in [6.07, 6.45) is -23.8. The highest BCUT2D eigenvalue weighted by Gasteiger charge is 2.50. The van der Waals surface area contributed by atoms with Gasteiger partial charge in [0.1, 0.15) is 83.5 Å². The van der Waals surface area contributed by atoms with Gasteiger partial charge in [-0.1, -0.05) is 0 Å². The molecule has 3 fully saturated rings. The van der Waals surface area contributed by atoms with Gasteiger partial charge in [-0.25, -0.2) is 0 Å². The lowest BCUT2D eigenvalue weighted by atomic mass is 9.97. The fraction of sp³-hybridized carbons (Fsp3) is 0.545. The zero-order valence-electron chi connectivity index (χ0n) is 27.9. The molecular formula is C33H40O20. The molecule has 292 valence electrons. The zero-order valence-corrected chi connectivity index (χ0v) is 27.9. The van der Waals surface area contributed by atoms with Crippen LogP contribution in [0.2, 0.25) is 0 Å². The Hall–Kier alpha value is -3.87. The van der Waals surface area contributed by atoms with Gasteiger partial charge in [0.05, 0.1) is 18.8 Å². The predicted molar refractivity (Wildman–Crippen MR) is 172 cm³/mol. The average Bonchev–Trinajstić information content (AvgIpc) is 3.12. The molecule has 12 N–H and O–H groups in total. The normalized spacial score (nSPS) is 37.8. The maximum atomic E-state index is 14.0. The van der Waals surface area contributed by atoms with E-state index in [4.69, 9.17) is 32.8 Å². The molecule has 0 amide bonds. The molecule has 6 rings (SSSR count). The maximum absolute atomic E-state index is 14.0. The van der Waals surface area contributed by atoms with Crippen LogP contribution in [0.1, 0.15) is 13.8 Å². The van der Waals surface area contributed by atoms with Gasteiger partial charge in [-0.05, 0) is 32.0 Å². The van der Waals surface area contributed by atoms with E-state index in [0.717, 1.165) is 24.3 Å². The number of hydrogen-bond acceptors (Lipinski definition) is 20. The van der Waals surface area contributed by atoms with Gasteiger partial charge in [0.15, 0.2) is 23.5 Å². The van der Waals surface area contributed by atoms with Crippen molar-refractivity contribution in [2.75, 3.05) is 6.61 Å². The van der Waals surface area contributed by atoms with Crippen LogP contribution in [-0.4, -0.2) is 160 Å². The number of hydrogen-bond donors (Lipinski definition) is 12. The Kier molecular flexibility index (Phi) is 11.1. The monoisotopic (exact) mass is 756 g/mol. The van der Waals surface area contributed by atoms with E-state index in [-0.39, 0.29) is 16.9 Å². The molecule has 20 heteroatoms. The zero-order chi connectivity index (χ0) is 38.6. The summed E-state index contributed by atoms with van der Waals surface area (Å²) in [5.74, 6) is -3.38. The van der Waals surface area contributed by atoms with Crippen molar-refractivity contribution in [2.24, 2.45) is 0 Å². The fourth-order valence-corrected chi connectivity index (χ4v) is 6.27. The Morgan fingerprint density at radius 1 is 0.642 bits per heavy atom. The molecule has 0 aliphatic carbocycles. The lowest BCUT2D eigenvalue weighted by Crippen LogP contribution is -2.63. The number of benzene rings is 2. The third kappa shape index (κ3) is 7.22. The van der Waals surface area contributed by atoms with Crippen molar-refractivity contribution >= 4 is 11.0 Å². The van der Waals surface area contributed by atoms with Crippen molar-refractivity contribution in [1.29, 1.82) is 0 Å². The van der Waals surface area contributed by atoms with E-state index in [1.807, 2.05) is 0 Å². The number of aliphatic hydroxyl groups excluding tert-OH is 9. The molecule has 3 saturated heterocycles. The number of aromatic hydroxyl groups is 3. The third-order valence-corrected chi connectivity index (χ3v) is 9.36. The molecule has 53 heavy (non-hydrogen) atoms. The van der Waals surface area contributed by atoms with Crippen LogP contribution in [0, 0.1) is 0 Å². The number of rotatable bonds is 8. The highest BCUT2D eigenvalue weighted by Crippen LogP contribution is 2.40. The Morgan fingerprint density at radius 3 is 1.94 bits per heavy atom. The molecule has 1 aromatic heterocycles. The van der Waals surface area contributed by atoms with Crippen molar-refractivity contribution in [1.82, 2.24) is 0 Å². The minimum Gasteiger partial charge on any atom is -0.507 e. The summed E-state index contributed by atoms with van der Waals surface area (Å²) in [6.45, 7) is 2.06. The molecule has 3 aliphatic heterocycles. The van der Waals surface area contributed by atoms with Crippen LogP contribution in [-0.2, 0) is 18.9 Å². The molecule has 15 atom stereocenters. The molecule has 2 aromatic carbocycles. The number of fused-ring (bicyclic) bond motifs is 1. The van der Waals surface area contributed by atoms with E-state index in [0.29, 0.717) is 0 Å². The van der Waals surface area contributed by atoms with Crippen LogP contribution in [0.4, 0.5) is 0 Å². The van der Waals surface area contributed by atoms with Crippen molar-refractivity contribution < 1.29 is 94.1 Å². The SMILES string of the molecule is CC1O[C@@H](O[C@H]2C(C)O[C@@H](Oc3c(-c4ccc(O)c(O)c4)oc4cc(O[C@@H]5OC(CO)[C@H](O)[C@H](O)C5O)cc(O)c4c3=O)[C@@H](O)C2O)[C@@H](O)C(O)[C@H]1O. The second-order valence-electron chi connectivity index (χ2n) is 13.0. The van der Waals surface area contributed by atoms with Crippen LogP contribution in [0.3, 0.4) is 0 Å². The van der Waals surface area contributed by atoms with Crippen molar-refractivity contribution in [3.63, 3.8) is 0 Å². The Bertz CT molecular complexity index is 1830. The second-order valence-corrected chi connectivity index (χ2v) is 13.0. The quantitative estimate of drug-likeness (QED) is 0.101. The fourth-order valence-electron chi connectivity index (χ4n) is 6.27. The van der Waals surface area contributed by atoms with Crippen LogP contribution in [0.25, 0.3) is 22.3 Å². The molecule has 0 saturated carbocycles. The van der Waals surface area contributed by atoms with Gasteiger partial charge in [-0.2, -0.15) is 0 Å². The third-order valence-electron chi connectivity index (χ3n) is 9.36. The number of phenols is 3. The number of aliphatic hydroxyl groups is 9. The van der Waals surface area contributed by atoms with Crippen molar-refractivity contribution in [2.45, 2.75) is 106 Å². The number of phenolic OH excluding ortho intramolecular Hbond substituents is 3. The smallest absolute Gasteiger partial charge is 0.239 e. The molecule has 3 aliphatic rings. The summed E-state index contributed by atoms with van der Waals surface area (Å²) in [5.41, 5.74) is -1.52. The van der Waals surface area contributed by atoms with Crippen LogP contribution in [0.15, 0.2) is 39.5 Å². The molecule has 4 heterocycles. The molecule has 6 unspecified atom stereocenters. The number of ether oxygens (including phenoxy) is 6. The van der Waals surface area contributed by atoms with Gasteiger partial charge >= 0.3 is 0 Å². The van der Waals surface area contributed by atoms with E-state index >= 15 is 0 Å². The highest BCUT2D eigenvalue weighted by atomic mass is 16.7. The summed E-state index contributed by atoms with van der Waals surface area (Å²) in [6, 6.07) is 5.30. The van der Waals surface area contributed by atoms with E-state index in [9.17, 15) is 66.1 Å². The van der Waals surface area contributed by atoms with Crippen LogP contribution >= 0.6 is 0 Å². The molecule has 0 spiro atoms. The Balaban J connectivity index is 1.33. The van der Waals surface area contributed by atoms with E-state index in [1.165, 1.54) is 19.9 Å². The lowest BCUT2D eigenvalue weighted by Gasteiger charge is -2.45. The first-order valence-corrected chi connectivity index (χ1v) is 16.4. The topological polar surface area (TPSA) is 328 Å². The predicted octanol–water partition coefficient (Wildman–Crippen LogP) is -3.19. The first-order chi connectivity index (χ1) is 25.0. The van der Waals surface area contributed by atoms with Crippen LogP contribution < -0.4 is 14.9 Å². The molecule has 20 nitrogen and oxygen atoms in total. The van der Waals surface area contributed by atoms with Gasteiger partial charge in [-0.15, -0.1) is 0 Å². The van der Waals surface area contributed by atoms with E-state index in [1.54, 1.807) is 0 Å². The van der Waals surface area contributed by atoms with E-state index < -0.39 is 138 Å². The Morgan fingerprint density at radius 2 is 1.26 bits per heavy atom. The minimum absolute atomic E-state index is 0.0764. The molecular weight excluding hydrogens is 716 g/mol. The summed E-state index contributed by atoms with van der Waals surface area (Å²) in [5, 5.41) is 123. The van der Waals surface area contributed by atoms with Gasteiger partial charge in [0.2, 0.25) is 23.8 Å². The average molecular weight is 757 g/mol. The molecule has 0 bridgehead atoms. The lowest BCUT2D eigenvalue weighted by molar-refractivity contribution is -0.345. The van der Waals surface area contributed by atoms with Gasteiger partial charge < -0.3 is 94.1 Å². The van der Waals surface area contributed by atoms with E-state index in [2.05, 4.69) is 0 Å². The summed E-state index contributed by atoms with van der Waals surface area (Å²) in [7, 11) is 0. The standard InChI is InChI=1S/C33H40O20/c1-9-19(38)22(41)25(44)31(47-9)52-28-10(2)48-32(27(46)24(28)43)53-30-21(40)18-15(37)6-12(49-33-26(45)23(42)20(39)17(8-34)51-33)7-16(18)50-29(30)11-3-4-13(35)14(36)5-11/h3-7,9-10,17,19-20,22-28,31-39,41-46H,8H2,1-2H3/t9?,10?,17?,19-,20-,22?,23-,24?,25-,26?,27-,28-,31-,32-,33+/m0/s1. The van der Waals surface area contributed by atoms with Gasteiger partial charge in [-0.3, -0.25) is 4.79 Å². The van der Waals surface area contributed by atoms with Crippen LogP contribution in [0.5, 0.6) is 28.7 Å². The van der Waals surface area contributed by atoms with Crippen molar-refractivity contribution in [3.8, 4) is 40.1 Å². The minimum atomic E-state index is -1.97. The summed E-state index contributed by atoms with van der Waals surface area (Å²) >= 11 is 0. The van der Waals surface area contributed by atoms with Crippen molar-refractivity contribution in [3.05, 3.63) is 40.6 Å². The summed E-state index contributed by atoms with van der Waals surface area (Å²) < 4.78 is 39.6. The maximum Gasteiger partial charge on any atom is 0.239 e. The summed E-state index contributed by atoms with van der Waals surface area (Å²) in [4.78, 5) is 14.0. The second kappa shape index (κ2) is 15.1. The molecule has 0 radical (unpaired) electrons. The first kappa shape index (κ1) is 38.8. The van der Waals surface area contributed by atoms with Gasteiger partial charge in [0.25, 0.3) is 0 Å².